The second kappa shape index (κ2) is 11.9. The second-order valence-corrected chi connectivity index (χ2v) is 14.9. The molecule has 1 aliphatic rings. The van der Waals surface area contributed by atoms with Crippen molar-refractivity contribution < 1.29 is 4.74 Å². The summed E-state index contributed by atoms with van der Waals surface area (Å²) in [5.74, 6) is 1.55. The van der Waals surface area contributed by atoms with Gasteiger partial charge in [-0.15, -0.1) is 0 Å². The van der Waals surface area contributed by atoms with Crippen LogP contribution in [0.15, 0.2) is 122 Å². The number of hydrogen-bond acceptors (Lipinski definition) is 4. The van der Waals surface area contributed by atoms with Crippen LogP contribution in [0.1, 0.15) is 77.6 Å². The topological polar surface area (TPSA) is 33.5 Å². The Kier molecular flexibility index (Phi) is 8.05. The van der Waals surface area contributed by atoms with Gasteiger partial charge in [-0.1, -0.05) is 104 Å². The summed E-state index contributed by atoms with van der Waals surface area (Å²) >= 11 is 0. The number of rotatable bonds is 7. The summed E-state index contributed by atoms with van der Waals surface area (Å²) in [6.07, 6.45) is 8.38. The van der Waals surface area contributed by atoms with Crippen molar-refractivity contribution in [3.63, 3.8) is 0 Å². The number of aromatic nitrogens is 2. The van der Waals surface area contributed by atoms with Gasteiger partial charge in [0.25, 0.3) is 0 Å². The van der Waals surface area contributed by atoms with E-state index in [0.29, 0.717) is 0 Å². The zero-order valence-corrected chi connectivity index (χ0v) is 28.5. The molecule has 0 unspecified atom stereocenters. The molecule has 0 spiro atoms. The van der Waals surface area contributed by atoms with Crippen LogP contribution in [-0.4, -0.2) is 16.4 Å². The van der Waals surface area contributed by atoms with E-state index in [2.05, 4.69) is 151 Å². The van der Waals surface area contributed by atoms with Crippen molar-refractivity contribution in [1.29, 1.82) is 0 Å². The molecule has 1 aromatic heterocycles. The molecule has 5 heteroatoms. The van der Waals surface area contributed by atoms with E-state index in [4.69, 9.17) is 9.84 Å². The number of anilines is 2. The Morgan fingerprint density at radius 1 is 0.543 bits per heavy atom. The molecular formula is C41H46N4O. The second-order valence-electron chi connectivity index (χ2n) is 14.9. The lowest BCUT2D eigenvalue weighted by molar-refractivity contribution is 0.482. The van der Waals surface area contributed by atoms with Gasteiger partial charge in [-0.05, 0) is 63.9 Å². The van der Waals surface area contributed by atoms with Gasteiger partial charge in [0, 0.05) is 53.1 Å². The first kappa shape index (κ1) is 31.2. The highest BCUT2D eigenvalue weighted by atomic mass is 16.5. The molecule has 0 amide bonds. The van der Waals surface area contributed by atoms with Crippen LogP contribution in [0.2, 0.25) is 0 Å². The van der Waals surface area contributed by atoms with Crippen LogP contribution >= 0.6 is 0 Å². The van der Waals surface area contributed by atoms with E-state index in [0.717, 1.165) is 35.1 Å². The molecule has 236 valence electrons. The Hall–Kier alpha value is -4.77. The summed E-state index contributed by atoms with van der Waals surface area (Å²) in [5.41, 5.74) is 8.36. The predicted octanol–water partition coefficient (Wildman–Crippen LogP) is 10.3. The summed E-state index contributed by atoms with van der Waals surface area (Å²) in [7, 11) is 0. The van der Waals surface area contributed by atoms with E-state index in [1.165, 1.54) is 22.4 Å². The number of benzene rings is 4. The molecule has 0 saturated heterocycles. The molecule has 2 heterocycles. The van der Waals surface area contributed by atoms with Crippen LogP contribution < -0.4 is 14.5 Å². The quantitative estimate of drug-likeness (QED) is 0.184. The average Bonchev–Trinajstić information content (AvgIpc) is 3.73. The first-order valence-corrected chi connectivity index (χ1v) is 16.1. The van der Waals surface area contributed by atoms with Gasteiger partial charge in [0.2, 0.25) is 0 Å². The van der Waals surface area contributed by atoms with Crippen molar-refractivity contribution in [2.24, 2.45) is 0 Å². The molecule has 6 rings (SSSR count). The van der Waals surface area contributed by atoms with Crippen molar-refractivity contribution >= 4 is 11.4 Å². The summed E-state index contributed by atoms with van der Waals surface area (Å²) in [5, 5.41) is 4.70. The van der Waals surface area contributed by atoms with Crippen molar-refractivity contribution in [2.75, 3.05) is 16.5 Å². The lowest BCUT2D eigenvalue weighted by Gasteiger charge is -2.29. The molecule has 0 radical (unpaired) electrons. The summed E-state index contributed by atoms with van der Waals surface area (Å²) in [6, 6.07) is 34.0. The first-order chi connectivity index (χ1) is 21.8. The van der Waals surface area contributed by atoms with Gasteiger partial charge in [-0.3, -0.25) is 0 Å². The average molecular weight is 611 g/mol. The Morgan fingerprint density at radius 2 is 1.11 bits per heavy atom. The fraction of sp³-hybridized carbons (Fsp3) is 0.293. The molecule has 0 bridgehead atoms. The van der Waals surface area contributed by atoms with Crippen LogP contribution in [-0.2, 0) is 16.2 Å². The van der Waals surface area contributed by atoms with Gasteiger partial charge in [0.15, 0.2) is 0 Å². The van der Waals surface area contributed by atoms with Gasteiger partial charge in [-0.25, -0.2) is 4.68 Å². The summed E-state index contributed by atoms with van der Waals surface area (Å²) in [4.78, 5) is 4.57. The van der Waals surface area contributed by atoms with Gasteiger partial charge >= 0.3 is 0 Å². The number of nitrogens with zero attached hydrogens (tertiary/aromatic N) is 4. The van der Waals surface area contributed by atoms with Gasteiger partial charge in [0.1, 0.15) is 11.5 Å². The first-order valence-electron chi connectivity index (χ1n) is 16.1. The highest BCUT2D eigenvalue weighted by Crippen LogP contribution is 2.36. The van der Waals surface area contributed by atoms with Crippen molar-refractivity contribution in [3.8, 4) is 17.2 Å². The molecule has 46 heavy (non-hydrogen) atoms. The lowest BCUT2D eigenvalue weighted by atomic mass is 9.80. The van der Waals surface area contributed by atoms with Crippen LogP contribution in [0.25, 0.3) is 5.69 Å². The lowest BCUT2D eigenvalue weighted by Crippen LogP contribution is -2.26. The minimum absolute atomic E-state index is 0.0700. The van der Waals surface area contributed by atoms with Crippen LogP contribution in [0.5, 0.6) is 11.5 Å². The third-order valence-electron chi connectivity index (χ3n) is 8.98. The van der Waals surface area contributed by atoms with Crippen molar-refractivity contribution in [1.82, 2.24) is 9.78 Å². The highest BCUT2D eigenvalue weighted by Gasteiger charge is 2.26. The fourth-order valence-electron chi connectivity index (χ4n) is 5.76. The number of hydrogen-bond donors (Lipinski definition) is 0. The Balaban J connectivity index is 1.18. The SMILES string of the molecule is CC(C)(C)c1cc(N2C=CN(c3cccc(Oc4cccc(-n5cc(C(C)(C)c6ccccc6)cn5)c4)c3)C2)cc(C(C)(C)C)c1. The third-order valence-corrected chi connectivity index (χ3v) is 8.98. The van der Waals surface area contributed by atoms with Crippen molar-refractivity contribution in [3.05, 3.63) is 144 Å². The normalized spacial score (nSPS) is 13.8. The molecule has 5 nitrogen and oxygen atoms in total. The Labute approximate surface area is 274 Å². The highest BCUT2D eigenvalue weighted by molar-refractivity contribution is 5.63. The minimum Gasteiger partial charge on any atom is -0.457 e. The summed E-state index contributed by atoms with van der Waals surface area (Å²) < 4.78 is 8.32. The van der Waals surface area contributed by atoms with E-state index < -0.39 is 0 Å². The maximum atomic E-state index is 6.40. The molecule has 0 N–H and O–H groups in total. The zero-order valence-electron chi connectivity index (χ0n) is 28.5. The van der Waals surface area contributed by atoms with E-state index >= 15 is 0 Å². The monoisotopic (exact) mass is 610 g/mol. The van der Waals surface area contributed by atoms with E-state index in [9.17, 15) is 0 Å². The van der Waals surface area contributed by atoms with E-state index in [1.54, 1.807) is 0 Å². The van der Waals surface area contributed by atoms with Gasteiger partial charge in [0.05, 0.1) is 18.6 Å². The maximum absolute atomic E-state index is 6.40. The smallest absolute Gasteiger partial charge is 0.129 e. The fourth-order valence-corrected chi connectivity index (χ4v) is 5.76. The number of ether oxygens (including phenoxy) is 1. The third kappa shape index (κ3) is 6.60. The minimum atomic E-state index is -0.155. The largest absolute Gasteiger partial charge is 0.457 e. The maximum Gasteiger partial charge on any atom is 0.129 e. The zero-order chi connectivity index (χ0) is 32.7. The Bertz CT molecular complexity index is 1820. The molecule has 0 fully saturated rings. The molecule has 0 aliphatic carbocycles. The molecule has 4 aromatic carbocycles. The standard InChI is InChI=1S/C41H46N4O/c1-39(2,3)31-22-32(40(4,5)6)24-36(23-31)44-21-20-43(29-44)34-16-12-18-37(25-34)46-38-19-13-17-35(26-38)45-28-33(27-42-45)41(7,8)30-14-10-9-11-15-30/h9-28H,29H2,1-8H3. The molecule has 5 aromatic rings. The Morgan fingerprint density at radius 3 is 1.72 bits per heavy atom. The molecule has 1 aliphatic heterocycles. The van der Waals surface area contributed by atoms with Crippen LogP contribution in [0, 0.1) is 0 Å². The van der Waals surface area contributed by atoms with Crippen molar-refractivity contribution in [2.45, 2.75) is 71.6 Å². The van der Waals surface area contributed by atoms with E-state index in [-0.39, 0.29) is 16.2 Å². The van der Waals surface area contributed by atoms with Gasteiger partial charge < -0.3 is 14.5 Å². The van der Waals surface area contributed by atoms with E-state index in [1.807, 2.05) is 41.2 Å². The molecule has 0 saturated carbocycles. The van der Waals surface area contributed by atoms with Crippen LogP contribution in [0.3, 0.4) is 0 Å². The predicted molar refractivity (Wildman–Crippen MR) is 191 cm³/mol. The summed E-state index contributed by atoms with van der Waals surface area (Å²) in [6.45, 7) is 18.9. The molecule has 0 atom stereocenters. The van der Waals surface area contributed by atoms with Gasteiger partial charge in [-0.2, -0.15) is 5.10 Å². The van der Waals surface area contributed by atoms with Crippen LogP contribution in [0.4, 0.5) is 11.4 Å². The molecular weight excluding hydrogens is 564 g/mol.